The summed E-state index contributed by atoms with van der Waals surface area (Å²) < 4.78 is 0. The molecule has 0 aromatic carbocycles. The number of carbonyl (C=O) groups is 1. The molecule has 0 radical (unpaired) electrons. The zero-order chi connectivity index (χ0) is 12.0. The molecule has 0 bridgehead atoms. The Labute approximate surface area is 96.1 Å². The lowest BCUT2D eigenvalue weighted by Crippen LogP contribution is -2.24. The molecule has 5 heteroatoms. The lowest BCUT2D eigenvalue weighted by atomic mass is 10.4. The highest BCUT2D eigenvalue weighted by molar-refractivity contribution is 5.73. The molecule has 1 aromatic heterocycles. The van der Waals surface area contributed by atoms with Crippen molar-refractivity contribution in [2.75, 3.05) is 39.1 Å². The summed E-state index contributed by atoms with van der Waals surface area (Å²) in [5, 5.41) is 0. The Kier molecular flexibility index (Phi) is 4.85. The van der Waals surface area contributed by atoms with Gasteiger partial charge in [-0.15, -0.1) is 0 Å². The molecule has 0 aliphatic carbocycles. The van der Waals surface area contributed by atoms with Crippen LogP contribution in [0.2, 0.25) is 0 Å². The molecule has 1 rings (SSSR count). The van der Waals surface area contributed by atoms with Crippen LogP contribution in [0.1, 0.15) is 16.8 Å². The lowest BCUT2D eigenvalue weighted by molar-refractivity contribution is 0.112. The van der Waals surface area contributed by atoms with Crippen molar-refractivity contribution in [3.05, 3.63) is 18.0 Å². The van der Waals surface area contributed by atoms with E-state index in [1.165, 1.54) is 12.4 Å². The van der Waals surface area contributed by atoms with Crippen molar-refractivity contribution >= 4 is 12.2 Å². The smallest absolute Gasteiger partial charge is 0.225 e. The molecule has 1 aromatic rings. The molecule has 0 aliphatic heterocycles. The fourth-order valence-corrected chi connectivity index (χ4v) is 1.31. The van der Waals surface area contributed by atoms with Crippen LogP contribution in [0.5, 0.6) is 0 Å². The summed E-state index contributed by atoms with van der Waals surface area (Å²) in [4.78, 5) is 22.8. The third-order valence-electron chi connectivity index (χ3n) is 2.23. The summed E-state index contributed by atoms with van der Waals surface area (Å²) in [6.45, 7) is 1.94. The number of aromatic nitrogens is 2. The van der Waals surface area contributed by atoms with E-state index in [2.05, 4.69) is 29.0 Å². The van der Waals surface area contributed by atoms with E-state index in [-0.39, 0.29) is 0 Å². The van der Waals surface area contributed by atoms with Crippen molar-refractivity contribution in [1.82, 2.24) is 14.9 Å². The van der Waals surface area contributed by atoms with Gasteiger partial charge in [0.25, 0.3) is 0 Å². The van der Waals surface area contributed by atoms with E-state index in [1.54, 1.807) is 0 Å². The molecule has 0 amide bonds. The van der Waals surface area contributed by atoms with Gasteiger partial charge in [0, 0.05) is 26.0 Å². The number of anilines is 1. The highest BCUT2D eigenvalue weighted by Gasteiger charge is 2.03. The van der Waals surface area contributed by atoms with E-state index in [9.17, 15) is 4.79 Å². The summed E-state index contributed by atoms with van der Waals surface area (Å²) in [6.07, 6.45) is 4.88. The molecule has 0 saturated carbocycles. The number of hydrogen-bond donors (Lipinski definition) is 0. The first-order chi connectivity index (χ1) is 7.63. The summed E-state index contributed by atoms with van der Waals surface area (Å²) >= 11 is 0. The maximum Gasteiger partial charge on any atom is 0.225 e. The second-order valence-electron chi connectivity index (χ2n) is 4.01. The van der Waals surface area contributed by atoms with E-state index in [4.69, 9.17) is 0 Å². The third kappa shape index (κ3) is 3.94. The molecule has 16 heavy (non-hydrogen) atoms. The highest BCUT2D eigenvalue weighted by Crippen LogP contribution is 2.04. The number of rotatable bonds is 6. The average Bonchev–Trinajstić information content (AvgIpc) is 2.28. The SMILES string of the molecule is CN(C)CCCN(C)c1ncc(C=O)cn1. The van der Waals surface area contributed by atoms with Gasteiger partial charge in [-0.25, -0.2) is 9.97 Å². The van der Waals surface area contributed by atoms with Gasteiger partial charge >= 0.3 is 0 Å². The Bertz CT molecular complexity index is 323. The van der Waals surface area contributed by atoms with E-state index >= 15 is 0 Å². The molecule has 0 spiro atoms. The molecule has 5 nitrogen and oxygen atoms in total. The molecule has 0 atom stereocenters. The van der Waals surface area contributed by atoms with Crippen LogP contribution in [0, 0.1) is 0 Å². The standard InChI is InChI=1S/C11H18N4O/c1-14(2)5-4-6-15(3)11-12-7-10(9-16)8-13-11/h7-9H,4-6H2,1-3H3. The summed E-state index contributed by atoms with van der Waals surface area (Å²) in [6, 6.07) is 0. The second kappa shape index (κ2) is 6.17. The van der Waals surface area contributed by atoms with Gasteiger partial charge in [0.05, 0.1) is 5.56 Å². The van der Waals surface area contributed by atoms with E-state index < -0.39 is 0 Å². The van der Waals surface area contributed by atoms with Crippen LogP contribution in [0.3, 0.4) is 0 Å². The molecule has 0 unspecified atom stereocenters. The van der Waals surface area contributed by atoms with Crippen molar-refractivity contribution in [3.8, 4) is 0 Å². The molecular weight excluding hydrogens is 204 g/mol. The minimum atomic E-state index is 0.505. The van der Waals surface area contributed by atoms with Gasteiger partial charge in [-0.2, -0.15) is 0 Å². The minimum Gasteiger partial charge on any atom is -0.344 e. The van der Waals surface area contributed by atoms with Crippen molar-refractivity contribution in [1.29, 1.82) is 0 Å². The van der Waals surface area contributed by atoms with Crippen molar-refractivity contribution in [2.24, 2.45) is 0 Å². The van der Waals surface area contributed by atoms with Crippen LogP contribution in [-0.2, 0) is 0 Å². The quantitative estimate of drug-likeness (QED) is 0.662. The highest BCUT2D eigenvalue weighted by atomic mass is 16.1. The molecular formula is C11H18N4O. The Balaban J connectivity index is 2.46. The Hall–Kier alpha value is -1.49. The zero-order valence-corrected chi connectivity index (χ0v) is 10.1. The Morgan fingerprint density at radius 2 is 1.81 bits per heavy atom. The van der Waals surface area contributed by atoms with Crippen LogP contribution >= 0.6 is 0 Å². The molecule has 88 valence electrons. The lowest BCUT2D eigenvalue weighted by Gasteiger charge is -2.18. The van der Waals surface area contributed by atoms with Crippen LogP contribution in [-0.4, -0.2) is 55.4 Å². The van der Waals surface area contributed by atoms with Crippen LogP contribution in [0.25, 0.3) is 0 Å². The van der Waals surface area contributed by atoms with Gasteiger partial charge in [0.2, 0.25) is 5.95 Å². The van der Waals surface area contributed by atoms with Crippen molar-refractivity contribution in [2.45, 2.75) is 6.42 Å². The van der Waals surface area contributed by atoms with Gasteiger partial charge in [0.15, 0.2) is 6.29 Å². The van der Waals surface area contributed by atoms with Crippen LogP contribution < -0.4 is 4.90 Å². The molecule has 0 N–H and O–H groups in total. The molecule has 0 fully saturated rings. The summed E-state index contributed by atoms with van der Waals surface area (Å²) in [5.74, 6) is 0.657. The fraction of sp³-hybridized carbons (Fsp3) is 0.545. The number of nitrogens with zero attached hydrogens (tertiary/aromatic N) is 4. The monoisotopic (exact) mass is 222 g/mol. The first-order valence-electron chi connectivity index (χ1n) is 5.26. The minimum absolute atomic E-state index is 0.505. The number of carbonyl (C=O) groups excluding carboxylic acids is 1. The second-order valence-corrected chi connectivity index (χ2v) is 4.01. The van der Waals surface area contributed by atoms with Gasteiger partial charge in [-0.1, -0.05) is 0 Å². The molecule has 0 saturated heterocycles. The largest absolute Gasteiger partial charge is 0.344 e. The van der Waals surface area contributed by atoms with Gasteiger partial charge in [0.1, 0.15) is 0 Å². The van der Waals surface area contributed by atoms with Crippen LogP contribution in [0.15, 0.2) is 12.4 Å². The first kappa shape index (κ1) is 12.6. The molecule has 0 aliphatic rings. The van der Waals surface area contributed by atoms with E-state index in [0.29, 0.717) is 11.5 Å². The van der Waals surface area contributed by atoms with Gasteiger partial charge in [-0.05, 0) is 27.1 Å². The Morgan fingerprint density at radius 3 is 2.31 bits per heavy atom. The summed E-state index contributed by atoms with van der Waals surface area (Å²) in [7, 11) is 6.05. The van der Waals surface area contributed by atoms with Crippen molar-refractivity contribution in [3.63, 3.8) is 0 Å². The van der Waals surface area contributed by atoms with Crippen molar-refractivity contribution < 1.29 is 4.79 Å². The first-order valence-corrected chi connectivity index (χ1v) is 5.26. The maximum absolute atomic E-state index is 10.4. The zero-order valence-electron chi connectivity index (χ0n) is 10.1. The normalized spacial score (nSPS) is 10.5. The number of hydrogen-bond acceptors (Lipinski definition) is 5. The maximum atomic E-state index is 10.4. The number of aldehydes is 1. The fourth-order valence-electron chi connectivity index (χ4n) is 1.31. The van der Waals surface area contributed by atoms with Gasteiger partial charge in [-0.3, -0.25) is 4.79 Å². The van der Waals surface area contributed by atoms with Gasteiger partial charge < -0.3 is 9.80 Å². The topological polar surface area (TPSA) is 49.3 Å². The van der Waals surface area contributed by atoms with E-state index in [0.717, 1.165) is 25.8 Å². The summed E-state index contributed by atoms with van der Waals surface area (Å²) in [5.41, 5.74) is 0.505. The van der Waals surface area contributed by atoms with Crippen LogP contribution in [0.4, 0.5) is 5.95 Å². The molecule has 1 heterocycles. The van der Waals surface area contributed by atoms with E-state index in [1.807, 2.05) is 11.9 Å². The average molecular weight is 222 g/mol. The Morgan fingerprint density at radius 1 is 1.19 bits per heavy atom. The predicted octanol–water partition coefficient (Wildman–Crippen LogP) is 0.677. The predicted molar refractivity (Wildman–Crippen MR) is 63.9 cm³/mol. The third-order valence-corrected chi connectivity index (χ3v) is 2.23.